The van der Waals surface area contributed by atoms with E-state index in [4.69, 9.17) is 0 Å². The molecule has 1 fully saturated rings. The minimum atomic E-state index is -0.350. The van der Waals surface area contributed by atoms with Crippen molar-refractivity contribution in [3.05, 3.63) is 58.4 Å². The number of hydrogen-bond donors (Lipinski definition) is 1. The lowest BCUT2D eigenvalue weighted by molar-refractivity contribution is 0.393. The molecule has 1 saturated carbocycles. The van der Waals surface area contributed by atoms with Gasteiger partial charge in [-0.05, 0) is 18.4 Å². The number of nitrogens with zero attached hydrogens (tertiary/aromatic N) is 2. The second-order valence-corrected chi connectivity index (χ2v) is 4.34. The highest BCUT2D eigenvalue weighted by Crippen LogP contribution is 2.47. The van der Waals surface area contributed by atoms with Crippen LogP contribution in [0.1, 0.15) is 18.4 Å². The van der Waals surface area contributed by atoms with E-state index in [1.54, 1.807) is 0 Å². The molecule has 17 heavy (non-hydrogen) atoms. The normalized spacial score (nSPS) is 16.7. The van der Waals surface area contributed by atoms with Gasteiger partial charge in [0.1, 0.15) is 0 Å². The summed E-state index contributed by atoms with van der Waals surface area (Å²) in [5.74, 6) is -0.119. The molecule has 1 aliphatic carbocycles. The van der Waals surface area contributed by atoms with Crippen molar-refractivity contribution in [1.82, 2.24) is 9.78 Å². The van der Waals surface area contributed by atoms with Crippen molar-refractivity contribution in [3.8, 4) is 5.88 Å². The lowest BCUT2D eigenvalue weighted by Crippen LogP contribution is -2.32. The molecule has 0 spiro atoms. The van der Waals surface area contributed by atoms with E-state index in [1.165, 1.54) is 16.8 Å². The fraction of sp³-hybridized carbons (Fsp3) is 0.231. The van der Waals surface area contributed by atoms with Gasteiger partial charge >= 0.3 is 0 Å². The van der Waals surface area contributed by atoms with E-state index in [0.717, 1.165) is 18.4 Å². The van der Waals surface area contributed by atoms with Crippen LogP contribution in [0.15, 0.2) is 47.3 Å². The fourth-order valence-corrected chi connectivity index (χ4v) is 2.20. The summed E-state index contributed by atoms with van der Waals surface area (Å²) in [6.45, 7) is 0. The van der Waals surface area contributed by atoms with E-state index in [2.05, 4.69) is 5.10 Å². The van der Waals surface area contributed by atoms with E-state index >= 15 is 0 Å². The maximum atomic E-state index is 11.8. The molecule has 0 radical (unpaired) electrons. The van der Waals surface area contributed by atoms with Gasteiger partial charge < -0.3 is 5.11 Å². The summed E-state index contributed by atoms with van der Waals surface area (Å²) in [4.78, 5) is 11.8. The van der Waals surface area contributed by atoms with Crippen molar-refractivity contribution in [1.29, 1.82) is 0 Å². The number of aromatic hydroxyl groups is 1. The third-order valence-corrected chi connectivity index (χ3v) is 3.23. The van der Waals surface area contributed by atoms with Gasteiger partial charge in [0.2, 0.25) is 5.88 Å². The minimum Gasteiger partial charge on any atom is -0.492 e. The highest BCUT2D eigenvalue weighted by Gasteiger charge is 2.48. The molecular weight excluding hydrogens is 216 g/mol. The van der Waals surface area contributed by atoms with Gasteiger partial charge in [0, 0.05) is 12.1 Å². The van der Waals surface area contributed by atoms with Gasteiger partial charge in [0.25, 0.3) is 5.56 Å². The zero-order chi connectivity index (χ0) is 11.9. The Morgan fingerprint density at radius 1 is 1.12 bits per heavy atom. The molecular formula is C13H12N2O2. The SMILES string of the molecule is O=c1ccc(O)nn1C1(c2ccccc2)CC1. The summed E-state index contributed by atoms with van der Waals surface area (Å²) < 4.78 is 1.40. The van der Waals surface area contributed by atoms with Crippen LogP contribution >= 0.6 is 0 Å². The van der Waals surface area contributed by atoms with E-state index < -0.39 is 0 Å². The number of benzene rings is 1. The van der Waals surface area contributed by atoms with Crippen molar-refractivity contribution in [2.45, 2.75) is 18.4 Å². The fourth-order valence-electron chi connectivity index (χ4n) is 2.20. The van der Waals surface area contributed by atoms with Crippen LogP contribution in [0.5, 0.6) is 5.88 Å². The van der Waals surface area contributed by atoms with Crippen LogP contribution in [0.2, 0.25) is 0 Å². The molecule has 0 aliphatic heterocycles. The Morgan fingerprint density at radius 3 is 2.47 bits per heavy atom. The first-order valence-corrected chi connectivity index (χ1v) is 5.58. The van der Waals surface area contributed by atoms with Gasteiger partial charge in [0.05, 0.1) is 5.54 Å². The van der Waals surface area contributed by atoms with Crippen LogP contribution in [0.3, 0.4) is 0 Å². The summed E-state index contributed by atoms with van der Waals surface area (Å²) in [5.41, 5.74) is 0.543. The molecule has 86 valence electrons. The Balaban J connectivity index is 2.16. The lowest BCUT2D eigenvalue weighted by atomic mass is 10.1. The van der Waals surface area contributed by atoms with Crippen molar-refractivity contribution in [2.24, 2.45) is 0 Å². The van der Waals surface area contributed by atoms with Gasteiger partial charge in [-0.25, -0.2) is 4.68 Å². The Morgan fingerprint density at radius 2 is 1.82 bits per heavy atom. The predicted molar refractivity (Wildman–Crippen MR) is 62.9 cm³/mol. The predicted octanol–water partition coefficient (Wildman–Crippen LogP) is 1.49. The Hall–Kier alpha value is -2.10. The average molecular weight is 228 g/mol. The molecule has 0 unspecified atom stereocenters. The molecule has 0 amide bonds. The average Bonchev–Trinajstić information content (AvgIpc) is 3.15. The van der Waals surface area contributed by atoms with Crippen LogP contribution in [-0.4, -0.2) is 14.9 Å². The maximum absolute atomic E-state index is 11.8. The van der Waals surface area contributed by atoms with Gasteiger partial charge in [-0.3, -0.25) is 4.79 Å². The van der Waals surface area contributed by atoms with E-state index in [9.17, 15) is 9.90 Å². The maximum Gasteiger partial charge on any atom is 0.267 e. The first kappa shape index (κ1) is 10.1. The highest BCUT2D eigenvalue weighted by molar-refractivity contribution is 5.31. The van der Waals surface area contributed by atoms with Crippen LogP contribution in [-0.2, 0) is 5.54 Å². The molecule has 1 N–H and O–H groups in total. The van der Waals surface area contributed by atoms with E-state index in [0.29, 0.717) is 0 Å². The Bertz CT molecular complexity index is 600. The molecule has 1 aliphatic rings. The van der Waals surface area contributed by atoms with E-state index in [-0.39, 0.29) is 17.0 Å². The largest absolute Gasteiger partial charge is 0.492 e. The number of hydrogen-bond acceptors (Lipinski definition) is 3. The van der Waals surface area contributed by atoms with Gasteiger partial charge in [0.15, 0.2) is 0 Å². The van der Waals surface area contributed by atoms with Crippen LogP contribution in [0.25, 0.3) is 0 Å². The second-order valence-electron chi connectivity index (χ2n) is 4.34. The van der Waals surface area contributed by atoms with Gasteiger partial charge in [-0.1, -0.05) is 30.3 Å². The third-order valence-electron chi connectivity index (χ3n) is 3.23. The summed E-state index contributed by atoms with van der Waals surface area (Å²) in [6.07, 6.45) is 1.76. The zero-order valence-electron chi connectivity index (χ0n) is 9.21. The standard InChI is InChI=1S/C13H12N2O2/c16-11-6-7-12(17)15(14-11)13(8-9-13)10-4-2-1-3-5-10/h1-7H,8-9H2,(H,14,16). The smallest absolute Gasteiger partial charge is 0.267 e. The number of aromatic nitrogens is 2. The quantitative estimate of drug-likeness (QED) is 0.847. The van der Waals surface area contributed by atoms with Crippen LogP contribution in [0.4, 0.5) is 0 Å². The molecule has 2 aromatic rings. The molecule has 0 bridgehead atoms. The molecule has 0 saturated heterocycles. The first-order chi connectivity index (χ1) is 8.22. The summed E-state index contributed by atoms with van der Waals surface area (Å²) >= 11 is 0. The van der Waals surface area contributed by atoms with Gasteiger partial charge in [-0.2, -0.15) is 0 Å². The molecule has 1 heterocycles. The van der Waals surface area contributed by atoms with Crippen molar-refractivity contribution < 1.29 is 5.11 Å². The summed E-state index contributed by atoms with van der Waals surface area (Å²) in [5, 5.41) is 13.3. The third kappa shape index (κ3) is 1.53. The Labute approximate surface area is 98.2 Å². The molecule has 3 rings (SSSR count). The topological polar surface area (TPSA) is 55.1 Å². The van der Waals surface area contributed by atoms with Crippen LogP contribution in [0, 0.1) is 0 Å². The lowest BCUT2D eigenvalue weighted by Gasteiger charge is -2.17. The van der Waals surface area contributed by atoms with E-state index in [1.807, 2.05) is 30.3 Å². The number of rotatable bonds is 2. The zero-order valence-corrected chi connectivity index (χ0v) is 9.21. The minimum absolute atomic E-state index is 0.119. The van der Waals surface area contributed by atoms with Crippen LogP contribution < -0.4 is 5.56 Å². The molecule has 0 atom stereocenters. The molecule has 4 heteroatoms. The monoisotopic (exact) mass is 228 g/mol. The van der Waals surface area contributed by atoms with Gasteiger partial charge in [-0.15, -0.1) is 5.10 Å². The molecule has 1 aromatic carbocycles. The highest BCUT2D eigenvalue weighted by atomic mass is 16.3. The Kier molecular flexibility index (Phi) is 2.04. The van der Waals surface area contributed by atoms with Crippen molar-refractivity contribution >= 4 is 0 Å². The first-order valence-electron chi connectivity index (χ1n) is 5.58. The molecule has 4 nitrogen and oxygen atoms in total. The summed E-state index contributed by atoms with van der Waals surface area (Å²) in [6, 6.07) is 12.5. The second kappa shape index (κ2) is 3.45. The van der Waals surface area contributed by atoms with Crippen molar-refractivity contribution in [3.63, 3.8) is 0 Å². The summed E-state index contributed by atoms with van der Waals surface area (Å²) in [7, 11) is 0. The molecule has 1 aromatic heterocycles. The van der Waals surface area contributed by atoms with Crippen molar-refractivity contribution in [2.75, 3.05) is 0 Å².